The van der Waals surface area contributed by atoms with Gasteiger partial charge in [0.15, 0.2) is 5.69 Å². The van der Waals surface area contributed by atoms with Gasteiger partial charge in [-0.25, -0.2) is 14.0 Å². The SMILES string of the molecule is CC1CN(Cc2ccc(-c3ccccc3)cc2F)CCN1C(=O)n1ccc(C(=O)O)n1. The summed E-state index contributed by atoms with van der Waals surface area (Å²) in [7, 11) is 0. The molecule has 0 bridgehead atoms. The molecule has 8 heteroatoms. The van der Waals surface area contributed by atoms with E-state index in [0.717, 1.165) is 15.8 Å². The number of rotatable bonds is 4. The molecule has 2 heterocycles. The van der Waals surface area contributed by atoms with Crippen molar-refractivity contribution < 1.29 is 19.1 Å². The lowest BCUT2D eigenvalue weighted by Crippen LogP contribution is -2.54. The fourth-order valence-corrected chi connectivity index (χ4v) is 3.86. The summed E-state index contributed by atoms with van der Waals surface area (Å²) in [5.41, 5.74) is 2.25. The maximum Gasteiger partial charge on any atom is 0.356 e. The van der Waals surface area contributed by atoms with Gasteiger partial charge in [0.1, 0.15) is 5.82 Å². The lowest BCUT2D eigenvalue weighted by molar-refractivity contribution is 0.0689. The number of aromatic carboxylic acids is 1. The Bertz CT molecular complexity index is 1100. The zero-order valence-electron chi connectivity index (χ0n) is 17.1. The quantitative estimate of drug-likeness (QED) is 0.696. The molecule has 1 atom stereocenters. The summed E-state index contributed by atoms with van der Waals surface area (Å²) in [5, 5.41) is 12.8. The van der Waals surface area contributed by atoms with Gasteiger partial charge in [-0.15, -0.1) is 0 Å². The van der Waals surface area contributed by atoms with Crippen LogP contribution in [-0.4, -0.2) is 62.4 Å². The first-order valence-corrected chi connectivity index (χ1v) is 10.1. The van der Waals surface area contributed by atoms with E-state index in [1.165, 1.54) is 12.3 Å². The summed E-state index contributed by atoms with van der Waals surface area (Å²) in [6.07, 6.45) is 1.36. The van der Waals surface area contributed by atoms with Gasteiger partial charge < -0.3 is 10.0 Å². The van der Waals surface area contributed by atoms with Crippen LogP contribution in [0.1, 0.15) is 23.0 Å². The number of carbonyl (C=O) groups is 2. The van der Waals surface area contributed by atoms with Gasteiger partial charge in [-0.1, -0.05) is 42.5 Å². The number of halogens is 1. The lowest BCUT2D eigenvalue weighted by atomic mass is 10.0. The standard InChI is InChI=1S/C23H23FN4O3/c1-16-14-26(11-12-27(16)23(31)28-10-9-21(25-28)22(29)30)15-19-8-7-18(13-20(19)24)17-5-3-2-4-6-17/h2-10,13,16H,11-12,14-15H2,1H3,(H,29,30). The zero-order chi connectivity index (χ0) is 22.0. The van der Waals surface area contributed by atoms with E-state index in [9.17, 15) is 14.0 Å². The van der Waals surface area contributed by atoms with Gasteiger partial charge in [-0.3, -0.25) is 4.90 Å². The number of carboxylic acids is 1. The highest BCUT2D eigenvalue weighted by Crippen LogP contribution is 2.23. The maximum atomic E-state index is 14.7. The third-order valence-electron chi connectivity index (χ3n) is 5.52. The van der Waals surface area contributed by atoms with Gasteiger partial charge in [-0.2, -0.15) is 9.78 Å². The van der Waals surface area contributed by atoms with Gasteiger partial charge >= 0.3 is 12.0 Å². The van der Waals surface area contributed by atoms with Gasteiger partial charge in [0, 0.05) is 44.0 Å². The second kappa shape index (κ2) is 8.69. The van der Waals surface area contributed by atoms with Crippen LogP contribution in [0.5, 0.6) is 0 Å². The maximum absolute atomic E-state index is 14.7. The number of hydrogen-bond acceptors (Lipinski definition) is 4. The van der Waals surface area contributed by atoms with E-state index < -0.39 is 5.97 Å². The molecule has 0 radical (unpaired) electrons. The monoisotopic (exact) mass is 422 g/mol. The molecule has 1 aliphatic heterocycles. The predicted octanol–water partition coefficient (Wildman–Crippen LogP) is 3.56. The zero-order valence-corrected chi connectivity index (χ0v) is 17.1. The van der Waals surface area contributed by atoms with E-state index in [1.807, 2.05) is 49.4 Å². The third-order valence-corrected chi connectivity index (χ3v) is 5.52. The second-order valence-electron chi connectivity index (χ2n) is 7.68. The van der Waals surface area contributed by atoms with Crippen LogP contribution < -0.4 is 0 Å². The van der Waals surface area contributed by atoms with Crippen molar-refractivity contribution in [2.45, 2.75) is 19.5 Å². The summed E-state index contributed by atoms with van der Waals surface area (Å²) >= 11 is 0. The Hall–Kier alpha value is -3.52. The highest BCUT2D eigenvalue weighted by atomic mass is 19.1. The normalized spacial score (nSPS) is 17.0. The molecule has 0 aliphatic carbocycles. The predicted molar refractivity (Wildman–Crippen MR) is 113 cm³/mol. The number of benzene rings is 2. The first kappa shape index (κ1) is 20.7. The summed E-state index contributed by atoms with van der Waals surface area (Å²) in [6, 6.07) is 15.8. The molecule has 1 N–H and O–H groups in total. The van der Waals surface area contributed by atoms with Crippen molar-refractivity contribution in [3.05, 3.63) is 77.9 Å². The Labute approximate surface area is 179 Å². The van der Waals surface area contributed by atoms with Crippen LogP contribution in [0.25, 0.3) is 11.1 Å². The fraction of sp³-hybridized carbons (Fsp3) is 0.261. The van der Waals surface area contributed by atoms with Gasteiger partial charge in [-0.05, 0) is 30.2 Å². The number of amides is 1. The van der Waals surface area contributed by atoms with Crippen LogP contribution in [0.3, 0.4) is 0 Å². The smallest absolute Gasteiger partial charge is 0.356 e. The molecular formula is C23H23FN4O3. The minimum absolute atomic E-state index is 0.120. The summed E-state index contributed by atoms with van der Waals surface area (Å²) in [5.74, 6) is -1.42. The Morgan fingerprint density at radius 1 is 1.10 bits per heavy atom. The molecule has 1 aliphatic rings. The Morgan fingerprint density at radius 2 is 1.87 bits per heavy atom. The molecule has 3 aromatic rings. The molecular weight excluding hydrogens is 399 g/mol. The summed E-state index contributed by atoms with van der Waals surface area (Å²) in [4.78, 5) is 27.4. The van der Waals surface area contributed by atoms with E-state index in [2.05, 4.69) is 10.00 Å². The largest absolute Gasteiger partial charge is 0.476 e. The fourth-order valence-electron chi connectivity index (χ4n) is 3.86. The number of nitrogens with zero attached hydrogens (tertiary/aromatic N) is 4. The second-order valence-corrected chi connectivity index (χ2v) is 7.68. The molecule has 1 saturated heterocycles. The highest BCUT2D eigenvalue weighted by molar-refractivity contribution is 5.86. The van der Waals surface area contributed by atoms with Crippen molar-refractivity contribution in [3.8, 4) is 11.1 Å². The van der Waals surface area contributed by atoms with Crippen LogP contribution in [0.15, 0.2) is 60.8 Å². The average Bonchev–Trinajstić information content (AvgIpc) is 3.26. The van der Waals surface area contributed by atoms with Crippen molar-refractivity contribution in [1.82, 2.24) is 19.6 Å². The number of piperazine rings is 1. The van der Waals surface area contributed by atoms with Crippen LogP contribution in [0.4, 0.5) is 9.18 Å². The molecule has 1 fully saturated rings. The number of carboxylic acid groups (broad SMARTS) is 1. The molecule has 1 aromatic heterocycles. The third kappa shape index (κ3) is 4.49. The molecule has 1 unspecified atom stereocenters. The lowest BCUT2D eigenvalue weighted by Gasteiger charge is -2.39. The average molecular weight is 422 g/mol. The topological polar surface area (TPSA) is 78.7 Å². The number of carbonyl (C=O) groups excluding carboxylic acids is 1. The van der Waals surface area contributed by atoms with E-state index in [1.54, 1.807) is 11.0 Å². The number of aromatic nitrogens is 2. The first-order chi connectivity index (χ1) is 14.9. The molecule has 7 nitrogen and oxygen atoms in total. The van der Waals surface area contributed by atoms with E-state index >= 15 is 0 Å². The van der Waals surface area contributed by atoms with Gasteiger partial charge in [0.25, 0.3) is 0 Å². The summed E-state index contributed by atoms with van der Waals surface area (Å²) < 4.78 is 15.8. The molecule has 1 amide bonds. The number of hydrogen-bond donors (Lipinski definition) is 1. The van der Waals surface area contributed by atoms with Crippen molar-refractivity contribution in [1.29, 1.82) is 0 Å². The first-order valence-electron chi connectivity index (χ1n) is 10.1. The minimum atomic E-state index is -1.18. The van der Waals surface area contributed by atoms with Crippen LogP contribution in [0.2, 0.25) is 0 Å². The van der Waals surface area contributed by atoms with Crippen LogP contribution >= 0.6 is 0 Å². The molecule has 2 aromatic carbocycles. The summed E-state index contributed by atoms with van der Waals surface area (Å²) in [6.45, 7) is 3.99. The van der Waals surface area contributed by atoms with Crippen LogP contribution in [0, 0.1) is 5.82 Å². The van der Waals surface area contributed by atoms with Gasteiger partial charge in [0.05, 0.1) is 0 Å². The van der Waals surface area contributed by atoms with Crippen LogP contribution in [-0.2, 0) is 6.54 Å². The van der Waals surface area contributed by atoms with Crippen molar-refractivity contribution in [3.63, 3.8) is 0 Å². The van der Waals surface area contributed by atoms with E-state index in [-0.39, 0.29) is 23.6 Å². The molecule has 0 saturated carbocycles. The Balaban J connectivity index is 1.40. The molecule has 0 spiro atoms. The molecule has 4 rings (SSSR count). The molecule has 31 heavy (non-hydrogen) atoms. The highest BCUT2D eigenvalue weighted by Gasteiger charge is 2.29. The van der Waals surface area contributed by atoms with E-state index in [4.69, 9.17) is 5.11 Å². The van der Waals surface area contributed by atoms with Crippen molar-refractivity contribution in [2.75, 3.05) is 19.6 Å². The van der Waals surface area contributed by atoms with Crippen molar-refractivity contribution >= 4 is 12.0 Å². The Kier molecular flexibility index (Phi) is 5.81. The van der Waals surface area contributed by atoms with Gasteiger partial charge in [0.2, 0.25) is 0 Å². The molecule has 160 valence electrons. The Morgan fingerprint density at radius 3 is 2.52 bits per heavy atom. The van der Waals surface area contributed by atoms with Crippen molar-refractivity contribution in [2.24, 2.45) is 0 Å². The van der Waals surface area contributed by atoms with E-state index in [0.29, 0.717) is 31.7 Å². The minimum Gasteiger partial charge on any atom is -0.476 e.